The molecule has 0 radical (unpaired) electrons. The number of para-hydroxylation sites is 1. The molecule has 2 heterocycles. The molecule has 0 aliphatic rings. The zero-order chi connectivity index (χ0) is 14.7. The van der Waals surface area contributed by atoms with Crippen LogP contribution in [0, 0.1) is 0 Å². The minimum Gasteiger partial charge on any atom is -0.480 e. The van der Waals surface area contributed by atoms with Gasteiger partial charge in [-0.3, -0.25) is 9.78 Å². The first-order valence-electron chi connectivity index (χ1n) is 6.43. The third-order valence-electron chi connectivity index (χ3n) is 3.09. The molecule has 3 aromatic rings. The van der Waals surface area contributed by atoms with E-state index >= 15 is 0 Å². The summed E-state index contributed by atoms with van der Waals surface area (Å²) < 4.78 is 5.10. The van der Waals surface area contributed by atoms with Crippen molar-refractivity contribution in [1.29, 1.82) is 0 Å². The molecule has 0 saturated carbocycles. The van der Waals surface area contributed by atoms with E-state index in [0.717, 1.165) is 10.9 Å². The number of amides is 1. The Balaban J connectivity index is 1.97. The van der Waals surface area contributed by atoms with Crippen LogP contribution < -0.4 is 10.1 Å². The average Bonchev–Trinajstić information content (AvgIpc) is 2.55. The fraction of sp³-hybridized carbons (Fsp3) is 0.0625. The molecular formula is C16H13N3O2. The van der Waals surface area contributed by atoms with Crippen LogP contribution in [-0.4, -0.2) is 23.0 Å². The van der Waals surface area contributed by atoms with Gasteiger partial charge < -0.3 is 10.1 Å². The SMILES string of the molecule is COc1ncccc1C(=O)Nc1cccc2cccnc12. The summed E-state index contributed by atoms with van der Waals surface area (Å²) in [5, 5.41) is 3.82. The molecule has 0 atom stereocenters. The normalized spacial score (nSPS) is 10.3. The summed E-state index contributed by atoms with van der Waals surface area (Å²) in [6.45, 7) is 0. The summed E-state index contributed by atoms with van der Waals surface area (Å²) in [6.07, 6.45) is 3.28. The predicted octanol–water partition coefficient (Wildman–Crippen LogP) is 2.89. The van der Waals surface area contributed by atoms with Gasteiger partial charge in [-0.2, -0.15) is 0 Å². The number of fused-ring (bicyclic) bond motifs is 1. The zero-order valence-corrected chi connectivity index (χ0v) is 11.4. The fourth-order valence-corrected chi connectivity index (χ4v) is 2.12. The summed E-state index contributed by atoms with van der Waals surface area (Å²) in [5.41, 5.74) is 1.79. The Bertz CT molecular complexity index is 797. The van der Waals surface area contributed by atoms with E-state index < -0.39 is 0 Å². The number of nitrogens with one attached hydrogen (secondary N) is 1. The maximum atomic E-state index is 12.4. The van der Waals surface area contributed by atoms with E-state index in [-0.39, 0.29) is 5.91 Å². The highest BCUT2D eigenvalue weighted by molar-refractivity contribution is 6.09. The maximum absolute atomic E-state index is 12.4. The molecule has 3 rings (SSSR count). The monoisotopic (exact) mass is 279 g/mol. The van der Waals surface area contributed by atoms with Gasteiger partial charge >= 0.3 is 0 Å². The van der Waals surface area contributed by atoms with Gasteiger partial charge in [-0.05, 0) is 24.3 Å². The van der Waals surface area contributed by atoms with Gasteiger partial charge in [0.2, 0.25) is 5.88 Å². The standard InChI is InChI=1S/C16H13N3O2/c1-21-16-12(7-4-10-18-16)15(20)19-13-8-2-5-11-6-3-9-17-14(11)13/h2-10H,1H3,(H,19,20). The maximum Gasteiger partial charge on any atom is 0.261 e. The molecule has 0 unspecified atom stereocenters. The van der Waals surface area contributed by atoms with E-state index in [1.165, 1.54) is 7.11 Å². The smallest absolute Gasteiger partial charge is 0.261 e. The molecule has 0 spiro atoms. The van der Waals surface area contributed by atoms with Gasteiger partial charge in [0.25, 0.3) is 5.91 Å². The first-order chi connectivity index (χ1) is 10.3. The van der Waals surface area contributed by atoms with Crippen molar-refractivity contribution in [2.45, 2.75) is 0 Å². The Morgan fingerprint density at radius 2 is 1.81 bits per heavy atom. The summed E-state index contributed by atoms with van der Waals surface area (Å²) in [6, 6.07) is 12.8. The Hall–Kier alpha value is -2.95. The molecule has 0 bridgehead atoms. The zero-order valence-electron chi connectivity index (χ0n) is 11.4. The van der Waals surface area contributed by atoms with Crippen molar-refractivity contribution in [2.24, 2.45) is 0 Å². The summed E-state index contributed by atoms with van der Waals surface area (Å²) in [5.74, 6) is 0.0151. The first kappa shape index (κ1) is 13.1. The lowest BCUT2D eigenvalue weighted by Crippen LogP contribution is -2.14. The second-order valence-electron chi connectivity index (χ2n) is 4.40. The number of ether oxygens (including phenoxy) is 1. The molecule has 0 saturated heterocycles. The van der Waals surface area contributed by atoms with Crippen LogP contribution in [-0.2, 0) is 0 Å². The van der Waals surface area contributed by atoms with Crippen molar-refractivity contribution in [1.82, 2.24) is 9.97 Å². The average molecular weight is 279 g/mol. The number of carbonyl (C=O) groups excluding carboxylic acids is 1. The van der Waals surface area contributed by atoms with Crippen LogP contribution in [0.2, 0.25) is 0 Å². The quantitative estimate of drug-likeness (QED) is 0.800. The number of nitrogens with zero attached hydrogens (tertiary/aromatic N) is 2. The summed E-state index contributed by atoms with van der Waals surface area (Å²) >= 11 is 0. The van der Waals surface area contributed by atoms with Gasteiger partial charge in [0.1, 0.15) is 5.56 Å². The highest BCUT2D eigenvalue weighted by atomic mass is 16.5. The van der Waals surface area contributed by atoms with E-state index in [1.54, 1.807) is 24.5 Å². The van der Waals surface area contributed by atoms with Crippen molar-refractivity contribution in [3.05, 3.63) is 60.4 Å². The second kappa shape index (κ2) is 5.58. The lowest BCUT2D eigenvalue weighted by atomic mass is 10.2. The van der Waals surface area contributed by atoms with E-state index in [1.807, 2.05) is 30.3 Å². The van der Waals surface area contributed by atoms with E-state index in [2.05, 4.69) is 15.3 Å². The number of carbonyl (C=O) groups is 1. The van der Waals surface area contributed by atoms with Crippen LogP contribution in [0.25, 0.3) is 10.9 Å². The van der Waals surface area contributed by atoms with Gasteiger partial charge in [0.15, 0.2) is 0 Å². The van der Waals surface area contributed by atoms with Crippen molar-refractivity contribution >= 4 is 22.5 Å². The predicted molar refractivity (Wildman–Crippen MR) is 80.5 cm³/mol. The van der Waals surface area contributed by atoms with Gasteiger partial charge in [0, 0.05) is 17.8 Å². The minimum absolute atomic E-state index is 0.280. The molecular weight excluding hydrogens is 266 g/mol. The molecule has 5 nitrogen and oxygen atoms in total. The number of rotatable bonds is 3. The van der Waals surface area contributed by atoms with E-state index in [9.17, 15) is 4.79 Å². The van der Waals surface area contributed by atoms with Crippen LogP contribution in [0.1, 0.15) is 10.4 Å². The molecule has 1 N–H and O–H groups in total. The van der Waals surface area contributed by atoms with Gasteiger partial charge in [-0.1, -0.05) is 18.2 Å². The Morgan fingerprint density at radius 3 is 2.67 bits per heavy atom. The van der Waals surface area contributed by atoms with Crippen molar-refractivity contribution in [3.8, 4) is 5.88 Å². The largest absolute Gasteiger partial charge is 0.480 e. The second-order valence-corrected chi connectivity index (χ2v) is 4.40. The minimum atomic E-state index is -0.280. The van der Waals surface area contributed by atoms with E-state index in [0.29, 0.717) is 17.1 Å². The number of pyridine rings is 2. The number of benzene rings is 1. The molecule has 1 aromatic carbocycles. The third kappa shape index (κ3) is 2.53. The lowest BCUT2D eigenvalue weighted by Gasteiger charge is -2.09. The van der Waals surface area contributed by atoms with Crippen molar-refractivity contribution < 1.29 is 9.53 Å². The first-order valence-corrected chi connectivity index (χ1v) is 6.43. The Morgan fingerprint density at radius 1 is 1.05 bits per heavy atom. The van der Waals surface area contributed by atoms with Gasteiger partial charge in [-0.25, -0.2) is 4.98 Å². The summed E-state index contributed by atoms with van der Waals surface area (Å²) in [7, 11) is 1.48. The lowest BCUT2D eigenvalue weighted by molar-refractivity contribution is 0.102. The van der Waals surface area contributed by atoms with Crippen LogP contribution in [0.5, 0.6) is 5.88 Å². The Labute approximate surface area is 121 Å². The highest BCUT2D eigenvalue weighted by Crippen LogP contribution is 2.22. The van der Waals surface area contributed by atoms with Gasteiger partial charge in [-0.15, -0.1) is 0 Å². The number of hydrogen-bond acceptors (Lipinski definition) is 4. The van der Waals surface area contributed by atoms with Crippen LogP contribution in [0.15, 0.2) is 54.9 Å². The van der Waals surface area contributed by atoms with Crippen LogP contribution in [0.4, 0.5) is 5.69 Å². The number of anilines is 1. The molecule has 2 aromatic heterocycles. The van der Waals surface area contributed by atoms with Crippen LogP contribution >= 0.6 is 0 Å². The fourth-order valence-electron chi connectivity index (χ4n) is 2.12. The highest BCUT2D eigenvalue weighted by Gasteiger charge is 2.14. The third-order valence-corrected chi connectivity index (χ3v) is 3.09. The molecule has 1 amide bonds. The molecule has 0 aliphatic heterocycles. The molecule has 21 heavy (non-hydrogen) atoms. The van der Waals surface area contributed by atoms with Gasteiger partial charge in [0.05, 0.1) is 18.3 Å². The van der Waals surface area contributed by atoms with E-state index in [4.69, 9.17) is 4.74 Å². The molecule has 0 fully saturated rings. The number of hydrogen-bond donors (Lipinski definition) is 1. The number of aromatic nitrogens is 2. The summed E-state index contributed by atoms with van der Waals surface area (Å²) in [4.78, 5) is 20.7. The number of methoxy groups -OCH3 is 1. The molecule has 104 valence electrons. The molecule has 5 heteroatoms. The van der Waals surface area contributed by atoms with Crippen molar-refractivity contribution in [2.75, 3.05) is 12.4 Å². The molecule has 0 aliphatic carbocycles. The van der Waals surface area contributed by atoms with Crippen molar-refractivity contribution in [3.63, 3.8) is 0 Å². The topological polar surface area (TPSA) is 64.1 Å². The van der Waals surface area contributed by atoms with Crippen LogP contribution in [0.3, 0.4) is 0 Å². The Kier molecular flexibility index (Phi) is 3.47.